The SMILES string of the molecule is O=C(NC1CCCCC1CO)C1CNC1. The van der Waals surface area contributed by atoms with Gasteiger partial charge in [-0.05, 0) is 12.8 Å². The molecule has 1 heterocycles. The number of aliphatic hydroxyl groups is 1. The van der Waals surface area contributed by atoms with Crippen LogP contribution >= 0.6 is 0 Å². The molecule has 1 amide bonds. The van der Waals surface area contributed by atoms with Gasteiger partial charge in [-0.2, -0.15) is 0 Å². The third-order valence-corrected chi connectivity index (χ3v) is 3.62. The van der Waals surface area contributed by atoms with E-state index in [1.807, 2.05) is 0 Å². The van der Waals surface area contributed by atoms with Gasteiger partial charge < -0.3 is 15.7 Å². The van der Waals surface area contributed by atoms with Gasteiger partial charge in [0.1, 0.15) is 0 Å². The first-order valence-corrected chi connectivity index (χ1v) is 5.93. The summed E-state index contributed by atoms with van der Waals surface area (Å²) in [6.45, 7) is 1.82. The minimum absolute atomic E-state index is 0.159. The molecule has 0 bridgehead atoms. The third kappa shape index (κ3) is 2.49. The Hall–Kier alpha value is -0.610. The van der Waals surface area contributed by atoms with Gasteiger partial charge in [0, 0.05) is 31.7 Å². The molecule has 2 aliphatic rings. The number of hydrogen-bond donors (Lipinski definition) is 3. The van der Waals surface area contributed by atoms with Crippen molar-refractivity contribution in [2.75, 3.05) is 19.7 Å². The lowest BCUT2D eigenvalue weighted by Gasteiger charge is -2.34. The van der Waals surface area contributed by atoms with Crippen LogP contribution in [0.5, 0.6) is 0 Å². The number of aliphatic hydroxyl groups excluding tert-OH is 1. The molecule has 2 unspecified atom stereocenters. The molecule has 0 aromatic heterocycles. The van der Waals surface area contributed by atoms with Crippen molar-refractivity contribution < 1.29 is 9.90 Å². The highest BCUT2D eigenvalue weighted by Gasteiger charge is 2.30. The average molecular weight is 212 g/mol. The fourth-order valence-corrected chi connectivity index (χ4v) is 2.39. The normalized spacial score (nSPS) is 32.1. The Labute approximate surface area is 90.4 Å². The molecule has 1 aliphatic carbocycles. The summed E-state index contributed by atoms with van der Waals surface area (Å²) in [4.78, 5) is 11.7. The molecular formula is C11H20N2O2. The summed E-state index contributed by atoms with van der Waals surface area (Å²) in [5.74, 6) is 0.598. The Kier molecular flexibility index (Phi) is 3.59. The molecule has 4 heteroatoms. The van der Waals surface area contributed by atoms with Crippen LogP contribution in [0.1, 0.15) is 25.7 Å². The topological polar surface area (TPSA) is 61.4 Å². The first kappa shape index (κ1) is 10.9. The molecule has 2 atom stereocenters. The minimum atomic E-state index is 0.159. The van der Waals surface area contributed by atoms with Gasteiger partial charge in [-0.3, -0.25) is 4.79 Å². The zero-order chi connectivity index (χ0) is 10.7. The lowest BCUT2D eigenvalue weighted by molar-refractivity contribution is -0.127. The highest BCUT2D eigenvalue weighted by molar-refractivity contribution is 5.80. The summed E-state index contributed by atoms with van der Waals surface area (Å²) in [5.41, 5.74) is 0. The molecule has 0 aromatic carbocycles. The van der Waals surface area contributed by atoms with E-state index in [4.69, 9.17) is 0 Å². The molecule has 3 N–H and O–H groups in total. The summed E-state index contributed by atoms with van der Waals surface area (Å²) >= 11 is 0. The lowest BCUT2D eigenvalue weighted by Crippen LogP contribution is -2.54. The summed E-state index contributed by atoms with van der Waals surface area (Å²) in [6.07, 6.45) is 4.43. The molecule has 2 rings (SSSR count). The first-order valence-electron chi connectivity index (χ1n) is 5.93. The summed E-state index contributed by atoms with van der Waals surface area (Å²) in [7, 11) is 0. The molecule has 2 fully saturated rings. The van der Waals surface area contributed by atoms with E-state index in [1.54, 1.807) is 0 Å². The van der Waals surface area contributed by atoms with Gasteiger partial charge in [0.2, 0.25) is 5.91 Å². The quantitative estimate of drug-likeness (QED) is 0.611. The zero-order valence-corrected chi connectivity index (χ0v) is 9.04. The van der Waals surface area contributed by atoms with Crippen molar-refractivity contribution in [1.82, 2.24) is 10.6 Å². The van der Waals surface area contributed by atoms with Crippen molar-refractivity contribution in [3.63, 3.8) is 0 Å². The average Bonchev–Trinajstić information content (AvgIpc) is 2.15. The van der Waals surface area contributed by atoms with Crippen LogP contribution in [-0.2, 0) is 4.79 Å². The second kappa shape index (κ2) is 4.94. The van der Waals surface area contributed by atoms with Crippen molar-refractivity contribution in [2.45, 2.75) is 31.7 Å². The minimum Gasteiger partial charge on any atom is -0.396 e. The maximum atomic E-state index is 11.7. The van der Waals surface area contributed by atoms with Crippen molar-refractivity contribution in [3.05, 3.63) is 0 Å². The van der Waals surface area contributed by atoms with Crippen LogP contribution in [0.4, 0.5) is 0 Å². The predicted molar refractivity (Wildman–Crippen MR) is 57.3 cm³/mol. The fourth-order valence-electron chi connectivity index (χ4n) is 2.39. The summed E-state index contributed by atoms with van der Waals surface area (Å²) < 4.78 is 0. The van der Waals surface area contributed by atoms with Gasteiger partial charge in [0.15, 0.2) is 0 Å². The van der Waals surface area contributed by atoms with Crippen LogP contribution in [0.25, 0.3) is 0 Å². The monoisotopic (exact) mass is 212 g/mol. The van der Waals surface area contributed by atoms with E-state index in [9.17, 15) is 9.90 Å². The molecule has 0 radical (unpaired) electrons. The standard InChI is InChI=1S/C11H20N2O2/c14-7-8-3-1-2-4-10(8)13-11(15)9-5-12-6-9/h8-10,12,14H,1-7H2,(H,13,15). The number of carbonyl (C=O) groups excluding carboxylic acids is 1. The number of hydrogen-bond acceptors (Lipinski definition) is 3. The number of amides is 1. The van der Waals surface area contributed by atoms with Gasteiger partial charge in [0.25, 0.3) is 0 Å². The lowest BCUT2D eigenvalue weighted by atomic mass is 9.84. The van der Waals surface area contributed by atoms with Gasteiger partial charge in [-0.1, -0.05) is 12.8 Å². The van der Waals surface area contributed by atoms with Crippen molar-refractivity contribution in [1.29, 1.82) is 0 Å². The Bertz CT molecular complexity index is 229. The molecule has 1 saturated carbocycles. The van der Waals surface area contributed by atoms with E-state index < -0.39 is 0 Å². The summed E-state index contributed by atoms with van der Waals surface area (Å²) in [6, 6.07) is 0.205. The van der Waals surface area contributed by atoms with E-state index in [2.05, 4.69) is 10.6 Å². The van der Waals surface area contributed by atoms with E-state index in [-0.39, 0.29) is 30.4 Å². The number of carbonyl (C=O) groups is 1. The summed E-state index contributed by atoms with van der Waals surface area (Å²) in [5, 5.41) is 15.4. The van der Waals surface area contributed by atoms with Crippen LogP contribution in [0.15, 0.2) is 0 Å². The molecule has 1 saturated heterocycles. The highest BCUT2D eigenvalue weighted by Crippen LogP contribution is 2.24. The maximum Gasteiger partial charge on any atom is 0.225 e. The second-order valence-electron chi connectivity index (χ2n) is 4.70. The van der Waals surface area contributed by atoms with Crippen LogP contribution in [0, 0.1) is 11.8 Å². The zero-order valence-electron chi connectivity index (χ0n) is 9.04. The Balaban J connectivity index is 1.82. The van der Waals surface area contributed by atoms with Gasteiger partial charge in [0.05, 0.1) is 5.92 Å². The largest absolute Gasteiger partial charge is 0.396 e. The number of nitrogens with one attached hydrogen (secondary N) is 2. The molecule has 4 nitrogen and oxygen atoms in total. The Morgan fingerprint density at radius 2 is 2.07 bits per heavy atom. The van der Waals surface area contributed by atoms with E-state index >= 15 is 0 Å². The van der Waals surface area contributed by atoms with Crippen molar-refractivity contribution in [3.8, 4) is 0 Å². The smallest absolute Gasteiger partial charge is 0.225 e. The number of rotatable bonds is 3. The van der Waals surface area contributed by atoms with Gasteiger partial charge in [-0.15, -0.1) is 0 Å². The highest BCUT2D eigenvalue weighted by atomic mass is 16.3. The van der Waals surface area contributed by atoms with E-state index in [0.717, 1.165) is 25.9 Å². The molecule has 86 valence electrons. The van der Waals surface area contributed by atoms with E-state index in [1.165, 1.54) is 12.8 Å². The fraction of sp³-hybridized carbons (Fsp3) is 0.909. The molecule has 1 aliphatic heterocycles. The van der Waals surface area contributed by atoms with Crippen LogP contribution < -0.4 is 10.6 Å². The Morgan fingerprint density at radius 3 is 2.67 bits per heavy atom. The van der Waals surface area contributed by atoms with Gasteiger partial charge in [-0.25, -0.2) is 0 Å². The van der Waals surface area contributed by atoms with Crippen LogP contribution in [0.3, 0.4) is 0 Å². The maximum absolute atomic E-state index is 11.7. The predicted octanol–water partition coefficient (Wildman–Crippen LogP) is -0.127. The van der Waals surface area contributed by atoms with Crippen LogP contribution in [0.2, 0.25) is 0 Å². The molecule has 0 aromatic rings. The second-order valence-corrected chi connectivity index (χ2v) is 4.70. The first-order chi connectivity index (χ1) is 7.31. The molecule has 15 heavy (non-hydrogen) atoms. The van der Waals surface area contributed by atoms with Crippen molar-refractivity contribution in [2.24, 2.45) is 11.8 Å². The molecule has 0 spiro atoms. The third-order valence-electron chi connectivity index (χ3n) is 3.62. The molecular weight excluding hydrogens is 192 g/mol. The van der Waals surface area contributed by atoms with E-state index in [0.29, 0.717) is 0 Å². The van der Waals surface area contributed by atoms with Crippen molar-refractivity contribution >= 4 is 5.91 Å². The van der Waals surface area contributed by atoms with Crippen LogP contribution in [-0.4, -0.2) is 36.8 Å². The Morgan fingerprint density at radius 1 is 1.33 bits per heavy atom. The van der Waals surface area contributed by atoms with Gasteiger partial charge >= 0.3 is 0 Å².